The molecular weight excluding hydrogens is 338 g/mol. The Hall–Kier alpha value is -2.53. The molecule has 0 saturated carbocycles. The fourth-order valence-electron chi connectivity index (χ4n) is 2.46. The molecule has 0 radical (unpaired) electrons. The minimum absolute atomic E-state index is 0.0296. The van der Waals surface area contributed by atoms with Crippen LogP contribution in [0.2, 0.25) is 5.02 Å². The number of para-hydroxylation sites is 1. The van der Waals surface area contributed by atoms with Crippen LogP contribution in [0.1, 0.15) is 21.5 Å². The van der Waals surface area contributed by atoms with Crippen LogP contribution in [0.3, 0.4) is 0 Å². The molecule has 0 aliphatic rings. The molecule has 0 heterocycles. The average molecular weight is 360 g/mol. The van der Waals surface area contributed by atoms with Gasteiger partial charge in [0.2, 0.25) is 5.91 Å². The number of amides is 2. The average Bonchev–Trinajstić information content (AvgIpc) is 2.56. The molecule has 0 atom stereocenters. The highest BCUT2D eigenvalue weighted by Gasteiger charge is 2.15. The molecule has 5 nitrogen and oxygen atoms in total. The van der Waals surface area contributed by atoms with Crippen molar-refractivity contribution in [1.29, 1.82) is 0 Å². The first kappa shape index (κ1) is 18.8. The Morgan fingerprint density at radius 3 is 2.32 bits per heavy atom. The number of carbonyl (C=O) groups excluding carboxylic acids is 2. The van der Waals surface area contributed by atoms with E-state index >= 15 is 0 Å². The number of nitrogens with zero attached hydrogens (tertiary/aromatic N) is 1. The molecule has 2 aromatic rings. The molecule has 0 aromatic heterocycles. The molecule has 25 heavy (non-hydrogen) atoms. The lowest BCUT2D eigenvalue weighted by molar-refractivity contribution is -0.114. The molecule has 132 valence electrons. The van der Waals surface area contributed by atoms with E-state index in [2.05, 4.69) is 10.6 Å². The van der Waals surface area contributed by atoms with Gasteiger partial charge in [0.05, 0.1) is 12.1 Å². The molecule has 0 aliphatic carbocycles. The van der Waals surface area contributed by atoms with Crippen LogP contribution in [0.4, 0.5) is 11.4 Å². The lowest BCUT2D eigenvalue weighted by atomic mass is 10.1. The van der Waals surface area contributed by atoms with E-state index in [0.29, 0.717) is 16.3 Å². The third kappa shape index (κ3) is 4.73. The van der Waals surface area contributed by atoms with Crippen LogP contribution < -0.4 is 10.6 Å². The minimum atomic E-state index is -0.194. The fourth-order valence-corrected chi connectivity index (χ4v) is 2.63. The summed E-state index contributed by atoms with van der Waals surface area (Å²) in [5.74, 6) is -0.352. The van der Waals surface area contributed by atoms with Crippen molar-refractivity contribution in [1.82, 2.24) is 4.90 Å². The molecule has 0 fully saturated rings. The maximum Gasteiger partial charge on any atom is 0.255 e. The van der Waals surface area contributed by atoms with E-state index in [0.717, 1.165) is 16.8 Å². The van der Waals surface area contributed by atoms with Crippen LogP contribution in [-0.4, -0.2) is 37.4 Å². The monoisotopic (exact) mass is 359 g/mol. The van der Waals surface area contributed by atoms with Crippen molar-refractivity contribution in [3.8, 4) is 0 Å². The molecule has 0 spiro atoms. The fraction of sp³-hybridized carbons (Fsp3) is 0.263. The van der Waals surface area contributed by atoms with Gasteiger partial charge in [-0.2, -0.15) is 0 Å². The van der Waals surface area contributed by atoms with E-state index in [9.17, 15) is 9.59 Å². The third-order valence-electron chi connectivity index (χ3n) is 3.80. The predicted molar refractivity (Wildman–Crippen MR) is 103 cm³/mol. The maximum atomic E-state index is 12.3. The molecule has 0 bridgehead atoms. The van der Waals surface area contributed by atoms with Crippen molar-refractivity contribution in [3.05, 3.63) is 58.1 Å². The topological polar surface area (TPSA) is 61.4 Å². The second-order valence-electron chi connectivity index (χ2n) is 6.06. The summed E-state index contributed by atoms with van der Waals surface area (Å²) < 4.78 is 0. The number of rotatable bonds is 5. The quantitative estimate of drug-likeness (QED) is 0.855. The van der Waals surface area contributed by atoms with Gasteiger partial charge in [0, 0.05) is 30.5 Å². The summed E-state index contributed by atoms with van der Waals surface area (Å²) in [7, 11) is 3.35. The molecular formula is C19H22ClN3O2. The Morgan fingerprint density at radius 2 is 1.72 bits per heavy atom. The molecule has 2 rings (SSSR count). The molecule has 0 aliphatic heterocycles. The van der Waals surface area contributed by atoms with Gasteiger partial charge >= 0.3 is 0 Å². The lowest BCUT2D eigenvalue weighted by Gasteiger charge is -2.16. The first-order valence-electron chi connectivity index (χ1n) is 7.90. The largest absolute Gasteiger partial charge is 0.375 e. The van der Waals surface area contributed by atoms with Crippen LogP contribution in [-0.2, 0) is 4.79 Å². The smallest absolute Gasteiger partial charge is 0.255 e. The normalized spacial score (nSPS) is 10.3. The number of halogens is 1. The second-order valence-corrected chi connectivity index (χ2v) is 6.49. The zero-order chi connectivity index (χ0) is 18.6. The van der Waals surface area contributed by atoms with Crippen LogP contribution in [0.5, 0.6) is 0 Å². The van der Waals surface area contributed by atoms with E-state index in [1.54, 1.807) is 32.3 Å². The van der Waals surface area contributed by atoms with E-state index in [4.69, 9.17) is 11.6 Å². The SMILES string of the molecule is Cc1cccc(C)c1NC(=O)CNc1cc(Cl)ccc1C(=O)N(C)C. The van der Waals surface area contributed by atoms with Gasteiger partial charge in [0.1, 0.15) is 0 Å². The highest BCUT2D eigenvalue weighted by Crippen LogP contribution is 2.23. The van der Waals surface area contributed by atoms with E-state index < -0.39 is 0 Å². The van der Waals surface area contributed by atoms with Crippen molar-refractivity contribution < 1.29 is 9.59 Å². The number of carbonyl (C=O) groups is 2. The van der Waals surface area contributed by atoms with Gasteiger partial charge in [0.15, 0.2) is 0 Å². The third-order valence-corrected chi connectivity index (χ3v) is 4.04. The lowest BCUT2D eigenvalue weighted by Crippen LogP contribution is -2.26. The van der Waals surface area contributed by atoms with Crippen molar-refractivity contribution >= 4 is 34.8 Å². The number of anilines is 2. The van der Waals surface area contributed by atoms with E-state index in [-0.39, 0.29) is 18.4 Å². The van der Waals surface area contributed by atoms with Gasteiger partial charge in [-0.15, -0.1) is 0 Å². The number of benzene rings is 2. The molecule has 0 saturated heterocycles. The van der Waals surface area contributed by atoms with Crippen LogP contribution in [0.15, 0.2) is 36.4 Å². The van der Waals surface area contributed by atoms with Gasteiger partial charge in [-0.3, -0.25) is 9.59 Å². The summed E-state index contributed by atoms with van der Waals surface area (Å²) in [5, 5.41) is 6.40. The Kier molecular flexibility index (Phi) is 6.04. The Balaban J connectivity index is 2.12. The maximum absolute atomic E-state index is 12.3. The summed E-state index contributed by atoms with van der Waals surface area (Å²) in [6.07, 6.45) is 0. The summed E-state index contributed by atoms with van der Waals surface area (Å²) in [6, 6.07) is 10.8. The number of nitrogens with one attached hydrogen (secondary N) is 2. The summed E-state index contributed by atoms with van der Waals surface area (Å²) >= 11 is 6.02. The highest BCUT2D eigenvalue weighted by molar-refractivity contribution is 6.31. The zero-order valence-electron chi connectivity index (χ0n) is 14.8. The minimum Gasteiger partial charge on any atom is -0.375 e. The van der Waals surface area contributed by atoms with Crippen molar-refractivity contribution in [2.45, 2.75) is 13.8 Å². The number of hydrogen-bond acceptors (Lipinski definition) is 3. The zero-order valence-corrected chi connectivity index (χ0v) is 15.6. The Bertz CT molecular complexity index is 783. The number of hydrogen-bond donors (Lipinski definition) is 2. The van der Waals surface area contributed by atoms with Gasteiger partial charge in [-0.25, -0.2) is 0 Å². The second kappa shape index (κ2) is 8.03. The number of aryl methyl sites for hydroxylation is 2. The van der Waals surface area contributed by atoms with Crippen molar-refractivity contribution in [2.24, 2.45) is 0 Å². The molecule has 2 aromatic carbocycles. The van der Waals surface area contributed by atoms with Gasteiger partial charge < -0.3 is 15.5 Å². The predicted octanol–water partition coefficient (Wildman–Crippen LogP) is 3.71. The van der Waals surface area contributed by atoms with E-state index in [1.165, 1.54) is 4.90 Å². The van der Waals surface area contributed by atoms with Gasteiger partial charge in [-0.1, -0.05) is 29.8 Å². The summed E-state index contributed by atoms with van der Waals surface area (Å²) in [5.41, 5.74) is 3.81. The van der Waals surface area contributed by atoms with Crippen molar-refractivity contribution in [3.63, 3.8) is 0 Å². The Labute approximate surface area is 153 Å². The summed E-state index contributed by atoms with van der Waals surface area (Å²) in [4.78, 5) is 26.0. The van der Waals surface area contributed by atoms with Crippen LogP contribution in [0, 0.1) is 13.8 Å². The molecule has 0 unspecified atom stereocenters. The van der Waals surface area contributed by atoms with Crippen LogP contribution >= 0.6 is 11.6 Å². The summed E-state index contributed by atoms with van der Waals surface area (Å²) in [6.45, 7) is 3.92. The molecule has 6 heteroatoms. The Morgan fingerprint density at radius 1 is 1.08 bits per heavy atom. The standard InChI is InChI=1S/C19H22ClN3O2/c1-12-6-5-7-13(2)18(12)22-17(24)11-21-16-10-14(20)8-9-15(16)19(25)23(3)4/h5-10,21H,11H2,1-4H3,(H,22,24). The first-order chi connectivity index (χ1) is 11.8. The van der Waals surface area contributed by atoms with Gasteiger partial charge in [0.25, 0.3) is 5.91 Å². The van der Waals surface area contributed by atoms with E-state index in [1.807, 2.05) is 32.0 Å². The van der Waals surface area contributed by atoms with Gasteiger partial charge in [-0.05, 0) is 43.2 Å². The first-order valence-corrected chi connectivity index (χ1v) is 8.28. The van der Waals surface area contributed by atoms with Crippen LogP contribution in [0.25, 0.3) is 0 Å². The molecule has 2 N–H and O–H groups in total. The molecule has 2 amide bonds. The van der Waals surface area contributed by atoms with Crippen molar-refractivity contribution in [2.75, 3.05) is 31.3 Å². The highest BCUT2D eigenvalue weighted by atomic mass is 35.5.